The van der Waals surface area contributed by atoms with Gasteiger partial charge in [-0.2, -0.15) is 10.2 Å². The zero-order valence-electron chi connectivity index (χ0n) is 14.4. The number of phenols is 1. The first-order chi connectivity index (χ1) is 13.1. The van der Waals surface area contributed by atoms with Crippen LogP contribution in [-0.2, 0) is 0 Å². The summed E-state index contributed by atoms with van der Waals surface area (Å²) in [5.74, 6) is 0.00220. The van der Waals surface area contributed by atoms with E-state index in [0.717, 1.165) is 10.0 Å². The first kappa shape index (κ1) is 18.7. The molecule has 3 N–H and O–H groups in total. The molecule has 0 aliphatic carbocycles. The Balaban J connectivity index is 1.65. The Morgan fingerprint density at radius 2 is 2.07 bits per heavy atom. The largest absolute Gasteiger partial charge is 0.504 e. The van der Waals surface area contributed by atoms with E-state index in [2.05, 4.69) is 36.7 Å². The Bertz CT molecular complexity index is 967. The summed E-state index contributed by atoms with van der Waals surface area (Å²) in [7, 11) is 0. The van der Waals surface area contributed by atoms with E-state index in [4.69, 9.17) is 4.74 Å². The summed E-state index contributed by atoms with van der Waals surface area (Å²) in [6, 6.07) is 14.1. The van der Waals surface area contributed by atoms with E-state index >= 15 is 0 Å². The topological polar surface area (TPSA) is 99.6 Å². The number of benzene rings is 2. The van der Waals surface area contributed by atoms with Gasteiger partial charge in [-0.25, -0.2) is 5.43 Å². The van der Waals surface area contributed by atoms with Crippen LogP contribution in [0.2, 0.25) is 0 Å². The van der Waals surface area contributed by atoms with Crippen molar-refractivity contribution >= 4 is 28.1 Å². The molecule has 0 aliphatic rings. The van der Waals surface area contributed by atoms with E-state index in [1.54, 1.807) is 18.2 Å². The minimum Gasteiger partial charge on any atom is -0.504 e. The third kappa shape index (κ3) is 4.73. The number of rotatable bonds is 6. The maximum absolute atomic E-state index is 12.2. The molecular formula is C19H17BrN4O3. The van der Waals surface area contributed by atoms with Crippen LogP contribution in [0.3, 0.4) is 0 Å². The van der Waals surface area contributed by atoms with Crippen molar-refractivity contribution < 1.29 is 14.6 Å². The van der Waals surface area contributed by atoms with Crippen molar-refractivity contribution in [3.8, 4) is 22.8 Å². The van der Waals surface area contributed by atoms with Crippen molar-refractivity contribution in [3.05, 3.63) is 64.3 Å². The number of nitrogens with zero attached hydrogens (tertiary/aromatic N) is 2. The first-order valence-electron chi connectivity index (χ1n) is 8.17. The summed E-state index contributed by atoms with van der Waals surface area (Å²) in [5.41, 5.74) is 4.97. The highest BCUT2D eigenvalue weighted by Crippen LogP contribution is 2.26. The van der Waals surface area contributed by atoms with Crippen LogP contribution in [0.25, 0.3) is 11.3 Å². The monoisotopic (exact) mass is 428 g/mol. The molecule has 0 aliphatic heterocycles. The van der Waals surface area contributed by atoms with Gasteiger partial charge in [-0.3, -0.25) is 9.89 Å². The molecule has 2 aromatic carbocycles. The number of aromatic amines is 1. The number of hydrogen-bond acceptors (Lipinski definition) is 5. The Labute approximate surface area is 164 Å². The number of amides is 1. The molecule has 7 nitrogen and oxygen atoms in total. The summed E-state index contributed by atoms with van der Waals surface area (Å²) in [5, 5.41) is 20.5. The van der Waals surface area contributed by atoms with Gasteiger partial charge in [0.1, 0.15) is 5.69 Å². The number of aromatic nitrogens is 2. The number of aromatic hydroxyl groups is 1. The quantitative estimate of drug-likeness (QED) is 0.411. The lowest BCUT2D eigenvalue weighted by molar-refractivity contribution is 0.0950. The number of carbonyl (C=O) groups is 1. The number of hydrogen-bond donors (Lipinski definition) is 3. The minimum atomic E-state index is -0.411. The van der Waals surface area contributed by atoms with Crippen LogP contribution in [0.5, 0.6) is 11.5 Å². The van der Waals surface area contributed by atoms with E-state index in [-0.39, 0.29) is 5.75 Å². The second kappa shape index (κ2) is 8.50. The fraction of sp³-hybridized carbons (Fsp3) is 0.105. The number of H-pyrrole nitrogens is 1. The van der Waals surface area contributed by atoms with Crippen LogP contribution in [0.4, 0.5) is 0 Å². The molecular weight excluding hydrogens is 412 g/mol. The number of nitrogens with one attached hydrogen (secondary N) is 2. The summed E-state index contributed by atoms with van der Waals surface area (Å²) in [6.07, 6.45) is 1.46. The normalized spacial score (nSPS) is 10.9. The lowest BCUT2D eigenvalue weighted by atomic mass is 10.1. The molecule has 0 spiro atoms. The lowest BCUT2D eigenvalue weighted by Crippen LogP contribution is -2.18. The number of phenolic OH excluding ortho intramolecular Hbond substituents is 1. The molecule has 0 atom stereocenters. The molecule has 0 saturated carbocycles. The second-order valence-corrected chi connectivity index (χ2v) is 6.45. The fourth-order valence-corrected chi connectivity index (χ4v) is 2.58. The van der Waals surface area contributed by atoms with Crippen LogP contribution < -0.4 is 10.2 Å². The maximum Gasteiger partial charge on any atom is 0.289 e. The zero-order valence-corrected chi connectivity index (χ0v) is 16.0. The molecule has 0 saturated heterocycles. The number of hydrazone groups is 1. The molecule has 1 amide bonds. The molecule has 27 heavy (non-hydrogen) atoms. The summed E-state index contributed by atoms with van der Waals surface area (Å²) >= 11 is 3.38. The van der Waals surface area contributed by atoms with E-state index in [1.165, 1.54) is 12.3 Å². The highest BCUT2D eigenvalue weighted by Gasteiger charge is 2.10. The van der Waals surface area contributed by atoms with E-state index < -0.39 is 5.91 Å². The third-order valence-electron chi connectivity index (χ3n) is 3.63. The summed E-state index contributed by atoms with van der Waals surface area (Å²) < 4.78 is 6.28. The highest BCUT2D eigenvalue weighted by molar-refractivity contribution is 9.10. The molecule has 138 valence electrons. The second-order valence-electron chi connectivity index (χ2n) is 5.53. The van der Waals surface area contributed by atoms with E-state index in [0.29, 0.717) is 29.3 Å². The summed E-state index contributed by atoms with van der Waals surface area (Å²) in [6.45, 7) is 2.26. The molecule has 3 rings (SSSR count). The van der Waals surface area contributed by atoms with Gasteiger partial charge in [0.25, 0.3) is 5.91 Å². The van der Waals surface area contributed by atoms with Crippen LogP contribution in [0, 0.1) is 0 Å². The van der Waals surface area contributed by atoms with Crippen LogP contribution in [0.15, 0.2) is 58.1 Å². The summed E-state index contributed by atoms with van der Waals surface area (Å²) in [4.78, 5) is 12.2. The Morgan fingerprint density at radius 1 is 1.30 bits per heavy atom. The fourth-order valence-electron chi connectivity index (χ4n) is 2.31. The Kier molecular flexibility index (Phi) is 5.87. The molecule has 0 unspecified atom stereocenters. The van der Waals surface area contributed by atoms with Crippen molar-refractivity contribution in [1.29, 1.82) is 0 Å². The molecule has 1 heterocycles. The molecule has 0 radical (unpaired) electrons. The molecule has 1 aromatic heterocycles. The lowest BCUT2D eigenvalue weighted by Gasteiger charge is -2.05. The zero-order chi connectivity index (χ0) is 19.2. The number of halogens is 1. The van der Waals surface area contributed by atoms with Gasteiger partial charge in [0.05, 0.1) is 18.5 Å². The molecule has 0 fully saturated rings. The van der Waals surface area contributed by atoms with Gasteiger partial charge < -0.3 is 9.84 Å². The number of carbonyl (C=O) groups excluding carboxylic acids is 1. The van der Waals surface area contributed by atoms with Crippen LogP contribution >= 0.6 is 15.9 Å². The van der Waals surface area contributed by atoms with Gasteiger partial charge in [0, 0.05) is 10.0 Å². The predicted molar refractivity (Wildman–Crippen MR) is 106 cm³/mol. The third-order valence-corrected chi connectivity index (χ3v) is 4.15. The molecule has 3 aromatic rings. The van der Waals surface area contributed by atoms with Gasteiger partial charge in [0.15, 0.2) is 11.5 Å². The van der Waals surface area contributed by atoms with Gasteiger partial charge in [0.2, 0.25) is 0 Å². The van der Waals surface area contributed by atoms with Crippen molar-refractivity contribution in [3.63, 3.8) is 0 Å². The standard InChI is InChI=1S/C19H17BrN4O3/c1-2-27-18-9-12(3-8-17(18)25)11-21-24-19(26)16-10-15(22-23-16)13-4-6-14(20)7-5-13/h3-11,25H,2H2,1H3,(H,22,23)(H,24,26)/b21-11+. The van der Waals surface area contributed by atoms with Crippen molar-refractivity contribution in [2.45, 2.75) is 6.92 Å². The van der Waals surface area contributed by atoms with Crippen molar-refractivity contribution in [2.24, 2.45) is 5.10 Å². The van der Waals surface area contributed by atoms with Gasteiger partial charge in [-0.1, -0.05) is 28.1 Å². The van der Waals surface area contributed by atoms with Crippen LogP contribution in [-0.4, -0.2) is 34.0 Å². The minimum absolute atomic E-state index is 0.0518. The van der Waals surface area contributed by atoms with Crippen molar-refractivity contribution in [2.75, 3.05) is 6.61 Å². The van der Waals surface area contributed by atoms with Crippen LogP contribution in [0.1, 0.15) is 23.0 Å². The van der Waals surface area contributed by atoms with Crippen molar-refractivity contribution in [1.82, 2.24) is 15.6 Å². The smallest absolute Gasteiger partial charge is 0.289 e. The van der Waals surface area contributed by atoms with Gasteiger partial charge in [-0.15, -0.1) is 0 Å². The number of ether oxygens (including phenoxy) is 1. The Hall–Kier alpha value is -3.13. The average molecular weight is 429 g/mol. The van der Waals surface area contributed by atoms with E-state index in [1.807, 2.05) is 31.2 Å². The Morgan fingerprint density at radius 3 is 2.81 bits per heavy atom. The SMILES string of the molecule is CCOc1cc(/C=N/NC(=O)c2cc(-c3ccc(Br)cc3)n[nH]2)ccc1O. The van der Waals surface area contributed by atoms with Gasteiger partial charge >= 0.3 is 0 Å². The molecule has 0 bridgehead atoms. The maximum atomic E-state index is 12.2. The average Bonchev–Trinajstić information content (AvgIpc) is 3.15. The highest BCUT2D eigenvalue weighted by atomic mass is 79.9. The predicted octanol–water partition coefficient (Wildman–Crippen LogP) is 3.71. The van der Waals surface area contributed by atoms with Gasteiger partial charge in [-0.05, 0) is 48.9 Å². The van der Waals surface area contributed by atoms with E-state index in [9.17, 15) is 9.90 Å². The molecule has 8 heteroatoms. The first-order valence-corrected chi connectivity index (χ1v) is 8.96.